The van der Waals surface area contributed by atoms with Crippen LogP contribution in [0.1, 0.15) is 22.3 Å². The molecule has 0 spiro atoms. The minimum absolute atomic E-state index is 0. The average molecular weight is 614 g/mol. The molecule has 0 nitrogen and oxygen atoms in total. The van der Waals surface area contributed by atoms with Crippen molar-refractivity contribution in [2.75, 3.05) is 0 Å². The molecule has 0 unspecified atom stereocenters. The third-order valence-electron chi connectivity index (χ3n) is 4.70. The quantitative estimate of drug-likeness (QED) is 0.159. The number of aryl methyl sites for hydroxylation is 2. The molecule has 0 aromatic heterocycles. The fourth-order valence-electron chi connectivity index (χ4n) is 3.04. The summed E-state index contributed by atoms with van der Waals surface area (Å²) >= 11 is 6.65. The Balaban J connectivity index is 0.000000432. The number of hydrogen-bond donors (Lipinski definition) is 0. The van der Waals surface area contributed by atoms with Crippen molar-refractivity contribution in [3.05, 3.63) is 82.9 Å². The minimum Gasteiger partial charge on any atom is -1.00 e. The van der Waals surface area contributed by atoms with Gasteiger partial charge in [-0.05, 0) is 0 Å². The second-order valence-electron chi connectivity index (χ2n) is 6.61. The first-order valence-electron chi connectivity index (χ1n) is 8.75. The summed E-state index contributed by atoms with van der Waals surface area (Å²) in [4.78, 5) is -0.269. The van der Waals surface area contributed by atoms with Crippen LogP contribution in [-0.4, -0.2) is 4.80 Å². The Kier molecular flexibility index (Phi) is 12.8. The van der Waals surface area contributed by atoms with E-state index in [1.165, 1.54) is 66.8 Å². The van der Waals surface area contributed by atoms with Crippen LogP contribution in [0.5, 0.6) is 0 Å². The van der Waals surface area contributed by atoms with Crippen LogP contribution in [-0.2, 0) is 23.0 Å². The van der Waals surface area contributed by atoms with Crippen molar-refractivity contribution in [3.8, 4) is 0 Å². The molecule has 0 heterocycles. The van der Waals surface area contributed by atoms with E-state index >= 15 is 0 Å². The standard InChI is InChI=1S/C13H9.C9H13.CH3ClSi.2ClH.Hf/c1-3-7-12-10(5-1)9-11-6-2-4-8-13(11)12;1-6-5-7(2)9(4)8(6)3;1-3-2;;;/h1-9H;5H,1-4H3;1H3;2*1H;/q2*-1;;;;+2/p-2. The molecule has 0 amide bonds. The second kappa shape index (κ2) is 13.0. The van der Waals surface area contributed by atoms with Crippen LogP contribution in [0.15, 0.2) is 60.7 Å². The van der Waals surface area contributed by atoms with Crippen molar-refractivity contribution < 1.29 is 47.8 Å². The van der Waals surface area contributed by atoms with E-state index in [-0.39, 0.29) is 29.6 Å². The Labute approximate surface area is 201 Å². The van der Waals surface area contributed by atoms with Gasteiger partial charge in [0.15, 0.2) is 0 Å². The van der Waals surface area contributed by atoms with E-state index in [1.54, 1.807) is 0 Å². The molecule has 0 bridgehead atoms. The molecule has 28 heavy (non-hydrogen) atoms. The molecule has 5 heteroatoms. The maximum Gasteiger partial charge on any atom is -0.0630 e. The molecule has 4 rings (SSSR count). The Morgan fingerprint density at radius 1 is 0.893 bits per heavy atom. The Hall–Kier alpha value is -0.383. The summed E-state index contributed by atoms with van der Waals surface area (Å²) in [6.07, 6.45) is 0. The number of rotatable bonds is 0. The molecule has 0 fully saturated rings. The molecule has 0 radical (unpaired) electrons. The van der Waals surface area contributed by atoms with E-state index in [2.05, 4.69) is 94.9 Å². The van der Waals surface area contributed by atoms with Gasteiger partial charge in [0.25, 0.3) is 0 Å². The van der Waals surface area contributed by atoms with Crippen LogP contribution in [0, 0.1) is 27.7 Å². The zero-order chi connectivity index (χ0) is 19.3. The molecule has 0 aliphatic carbocycles. The van der Waals surface area contributed by atoms with E-state index in [4.69, 9.17) is 11.1 Å². The van der Waals surface area contributed by atoms with Gasteiger partial charge >= 0.3 is 45.4 Å². The van der Waals surface area contributed by atoms with Crippen molar-refractivity contribution in [2.24, 2.45) is 0 Å². The first-order valence-corrected chi connectivity index (χ1v) is 17.1. The number of halogens is 3. The van der Waals surface area contributed by atoms with Gasteiger partial charge in [0.05, 0.1) is 0 Å². The summed E-state index contributed by atoms with van der Waals surface area (Å²) in [6, 6.07) is 21.5. The van der Waals surface area contributed by atoms with Gasteiger partial charge < -0.3 is 24.8 Å². The Morgan fingerprint density at radius 3 is 1.57 bits per heavy atom. The molecule has 0 aliphatic rings. The summed E-state index contributed by atoms with van der Waals surface area (Å²) in [5.41, 5.74) is 5.75. The fraction of sp³-hybridized carbons (Fsp3) is 0.217. The van der Waals surface area contributed by atoms with E-state index < -0.39 is 0 Å². The van der Waals surface area contributed by atoms with Crippen LogP contribution in [0.3, 0.4) is 0 Å². The Morgan fingerprint density at radius 2 is 1.29 bits per heavy atom. The fourth-order valence-corrected chi connectivity index (χ4v) is 3.04. The number of hydrogen-bond acceptors (Lipinski definition) is 0. The van der Waals surface area contributed by atoms with E-state index in [1.807, 2.05) is 0 Å². The smallest absolute Gasteiger partial charge is 0.0630 e. The molecule has 4 aromatic carbocycles. The van der Waals surface area contributed by atoms with Gasteiger partial charge in [-0.2, -0.15) is 28.3 Å². The van der Waals surface area contributed by atoms with Gasteiger partial charge in [-0.25, -0.2) is 0 Å². The first kappa shape index (κ1) is 27.6. The third kappa shape index (κ3) is 7.46. The van der Waals surface area contributed by atoms with Crippen LogP contribution in [0.2, 0.25) is 6.55 Å². The van der Waals surface area contributed by atoms with Crippen LogP contribution in [0.4, 0.5) is 0 Å². The third-order valence-corrected chi connectivity index (χ3v) is 4.70. The van der Waals surface area contributed by atoms with Crippen molar-refractivity contribution in [1.82, 2.24) is 0 Å². The molecular weight excluding hydrogens is 589 g/mol. The largest absolute Gasteiger partial charge is 1.00 e. The van der Waals surface area contributed by atoms with E-state index in [0.717, 1.165) is 0 Å². The molecule has 0 saturated carbocycles. The predicted octanol–water partition coefficient (Wildman–Crippen LogP) is 1.25. The van der Waals surface area contributed by atoms with Gasteiger partial charge in [0, 0.05) is 0 Å². The molecule has 4 aromatic rings. The van der Waals surface area contributed by atoms with Crippen molar-refractivity contribution >= 4 is 37.4 Å². The van der Waals surface area contributed by atoms with E-state index in [0.29, 0.717) is 0 Å². The monoisotopic (exact) mass is 614 g/mol. The molecule has 0 N–H and O–H groups in total. The summed E-state index contributed by atoms with van der Waals surface area (Å²) < 4.78 is 0. The SMILES string of the molecule is C[Si](Cl)=[Hf+2].Cc1c[c-](C)c(C)c1C.[Cl-].[Cl-].c1ccc2c(c1)[cH-]c1ccccc12. The van der Waals surface area contributed by atoms with Crippen LogP contribution in [0.25, 0.3) is 21.5 Å². The maximum absolute atomic E-state index is 5.44. The van der Waals surface area contributed by atoms with Crippen molar-refractivity contribution in [3.63, 3.8) is 0 Å². The topological polar surface area (TPSA) is 0 Å². The van der Waals surface area contributed by atoms with E-state index in [9.17, 15) is 0 Å². The summed E-state index contributed by atoms with van der Waals surface area (Å²) in [7, 11) is 0. The normalized spacial score (nSPS) is 9.43. The second-order valence-corrected chi connectivity index (χ2v) is 20.9. The van der Waals surface area contributed by atoms with Crippen LogP contribution < -0.4 is 24.8 Å². The Bertz CT molecular complexity index is 954. The number of fused-ring (bicyclic) bond motifs is 3. The molecule has 0 atom stereocenters. The van der Waals surface area contributed by atoms with Gasteiger partial charge in [-0.3, -0.25) is 0 Å². The maximum atomic E-state index is 5.44. The zero-order valence-corrected chi connectivity index (χ0v) is 23.8. The van der Waals surface area contributed by atoms with Gasteiger partial charge in [-0.1, -0.05) is 64.1 Å². The summed E-state index contributed by atoms with van der Waals surface area (Å²) in [6.45, 7) is 10.8. The number of benzene rings is 2. The van der Waals surface area contributed by atoms with Crippen molar-refractivity contribution in [1.29, 1.82) is 0 Å². The van der Waals surface area contributed by atoms with Crippen LogP contribution >= 0.6 is 11.1 Å². The molecule has 0 saturated heterocycles. The van der Waals surface area contributed by atoms with Gasteiger partial charge in [-0.15, -0.1) is 39.7 Å². The average Bonchev–Trinajstić information content (AvgIpc) is 3.08. The van der Waals surface area contributed by atoms with Gasteiger partial charge in [0.2, 0.25) is 0 Å². The molecule has 0 aliphatic heterocycles. The predicted molar refractivity (Wildman–Crippen MR) is 116 cm³/mol. The summed E-state index contributed by atoms with van der Waals surface area (Å²) in [5, 5.41) is 5.39. The minimum atomic E-state index is -0.269. The first-order chi connectivity index (χ1) is 12.3. The molecular formula is C23H25Cl3HfSi-2. The summed E-state index contributed by atoms with van der Waals surface area (Å²) in [5.74, 6) is 0. The van der Waals surface area contributed by atoms with Crippen molar-refractivity contribution in [2.45, 2.75) is 34.2 Å². The van der Waals surface area contributed by atoms with Gasteiger partial charge in [0.1, 0.15) is 0 Å². The molecule has 148 valence electrons. The zero-order valence-electron chi connectivity index (χ0n) is 16.9.